The zero-order valence-corrected chi connectivity index (χ0v) is 25.1. The van der Waals surface area contributed by atoms with Gasteiger partial charge >= 0.3 is 0 Å². The Kier molecular flexibility index (Phi) is 11.4. The molecule has 0 saturated heterocycles. The van der Waals surface area contributed by atoms with E-state index >= 15 is 0 Å². The Labute approximate surface area is 228 Å². The van der Waals surface area contributed by atoms with Crippen LogP contribution in [0.2, 0.25) is 0 Å². The molecular weight excluding hydrogens is 452 g/mol. The fraction of sp³-hybridized carbons (Fsp3) is 0.636. The summed E-state index contributed by atoms with van der Waals surface area (Å²) in [6.07, 6.45) is 7.29. The Balaban J connectivity index is 2.20. The van der Waals surface area contributed by atoms with E-state index < -0.39 is 0 Å². The summed E-state index contributed by atoms with van der Waals surface area (Å²) < 4.78 is 0. The minimum Gasteiger partial charge on any atom is -0.326 e. The van der Waals surface area contributed by atoms with Gasteiger partial charge in [-0.1, -0.05) is 55.5 Å². The minimum absolute atomic E-state index is 0.00661. The summed E-state index contributed by atoms with van der Waals surface area (Å²) in [4.78, 5) is 0. The second kappa shape index (κ2) is 13.4. The van der Waals surface area contributed by atoms with Crippen molar-refractivity contribution in [1.82, 2.24) is 10.6 Å². The first-order valence-electron chi connectivity index (χ1n) is 14.4. The highest BCUT2D eigenvalue weighted by molar-refractivity contribution is 5.65. The summed E-state index contributed by atoms with van der Waals surface area (Å²) in [5.41, 5.74) is 17.6. The van der Waals surface area contributed by atoms with Gasteiger partial charge in [-0.3, -0.25) is 0 Å². The molecule has 0 bridgehead atoms. The second-order valence-electron chi connectivity index (χ2n) is 13.6. The first-order chi connectivity index (χ1) is 17.1. The smallest absolute Gasteiger partial charge is 0.0191 e. The van der Waals surface area contributed by atoms with Gasteiger partial charge in [-0.15, -0.1) is 0 Å². The topological polar surface area (TPSA) is 76.1 Å². The number of rotatable bonds is 16. The fourth-order valence-electron chi connectivity index (χ4n) is 5.00. The Hall–Kier alpha value is -1.72. The lowest BCUT2D eigenvalue weighted by atomic mass is 9.85. The predicted octanol–water partition coefficient (Wildman–Crippen LogP) is 6.60. The average molecular weight is 509 g/mol. The van der Waals surface area contributed by atoms with Crippen molar-refractivity contribution < 1.29 is 0 Å². The van der Waals surface area contributed by atoms with Gasteiger partial charge in [0.25, 0.3) is 0 Å². The van der Waals surface area contributed by atoms with E-state index in [4.69, 9.17) is 11.5 Å². The largest absolute Gasteiger partial charge is 0.326 e. The van der Waals surface area contributed by atoms with Crippen molar-refractivity contribution in [2.45, 2.75) is 122 Å². The molecule has 0 heterocycles. The van der Waals surface area contributed by atoms with Crippen LogP contribution in [0.25, 0.3) is 11.1 Å². The van der Waals surface area contributed by atoms with E-state index in [9.17, 15) is 0 Å². The quantitative estimate of drug-likeness (QED) is 0.193. The molecule has 37 heavy (non-hydrogen) atoms. The molecule has 0 aromatic heterocycles. The molecule has 0 aliphatic rings. The van der Waals surface area contributed by atoms with E-state index in [2.05, 4.69) is 115 Å². The molecule has 208 valence electrons. The van der Waals surface area contributed by atoms with Gasteiger partial charge < -0.3 is 22.1 Å². The van der Waals surface area contributed by atoms with E-state index in [0.29, 0.717) is 0 Å². The van der Waals surface area contributed by atoms with Crippen molar-refractivity contribution in [2.75, 3.05) is 13.1 Å². The summed E-state index contributed by atoms with van der Waals surface area (Å²) in [5.74, 6) is 0. The molecule has 0 aliphatic carbocycles. The molecule has 0 spiro atoms. The maximum atomic E-state index is 6.20. The lowest BCUT2D eigenvalue weighted by Gasteiger charge is -2.32. The maximum Gasteiger partial charge on any atom is 0.0191 e. The molecule has 1 atom stereocenters. The van der Waals surface area contributed by atoms with Crippen LogP contribution in [-0.4, -0.2) is 35.2 Å². The first kappa shape index (κ1) is 31.5. The highest BCUT2D eigenvalue weighted by Crippen LogP contribution is 2.27. The van der Waals surface area contributed by atoms with Crippen molar-refractivity contribution in [1.29, 1.82) is 0 Å². The van der Waals surface area contributed by atoms with Gasteiger partial charge in [0.05, 0.1) is 0 Å². The fourth-order valence-corrected chi connectivity index (χ4v) is 5.00. The van der Waals surface area contributed by atoms with Crippen LogP contribution in [0.1, 0.15) is 98.6 Å². The van der Waals surface area contributed by atoms with Crippen molar-refractivity contribution in [3.63, 3.8) is 0 Å². The van der Waals surface area contributed by atoms with Gasteiger partial charge in [-0.05, 0) is 129 Å². The lowest BCUT2D eigenvalue weighted by Crippen LogP contribution is -2.45. The molecule has 0 amide bonds. The zero-order valence-electron chi connectivity index (χ0n) is 25.1. The van der Waals surface area contributed by atoms with E-state index in [1.807, 2.05) is 0 Å². The Morgan fingerprint density at radius 2 is 1.16 bits per heavy atom. The molecule has 4 nitrogen and oxygen atoms in total. The molecule has 0 saturated carbocycles. The number of nitrogens with one attached hydrogen (secondary N) is 2. The van der Waals surface area contributed by atoms with Gasteiger partial charge in [-0.2, -0.15) is 0 Å². The third-order valence-corrected chi connectivity index (χ3v) is 7.33. The molecule has 2 rings (SSSR count). The van der Waals surface area contributed by atoms with Crippen LogP contribution in [0.5, 0.6) is 0 Å². The van der Waals surface area contributed by atoms with E-state index in [1.54, 1.807) is 0 Å². The molecule has 2 aromatic carbocycles. The molecule has 6 N–H and O–H groups in total. The van der Waals surface area contributed by atoms with Crippen LogP contribution in [0, 0.1) is 0 Å². The Bertz CT molecular complexity index is 937. The summed E-state index contributed by atoms with van der Waals surface area (Å²) >= 11 is 0. The lowest BCUT2D eigenvalue weighted by molar-refractivity contribution is 0.328. The van der Waals surface area contributed by atoms with Crippen molar-refractivity contribution >= 4 is 0 Å². The number of nitrogens with two attached hydrogens (primary N) is 2. The van der Waals surface area contributed by atoms with Crippen LogP contribution in [0.3, 0.4) is 0 Å². The Morgan fingerprint density at radius 1 is 0.649 bits per heavy atom. The van der Waals surface area contributed by atoms with Gasteiger partial charge in [0.1, 0.15) is 0 Å². The van der Waals surface area contributed by atoms with Crippen LogP contribution in [0.15, 0.2) is 48.5 Å². The molecule has 2 aromatic rings. The summed E-state index contributed by atoms with van der Waals surface area (Å²) in [7, 11) is 0. The van der Waals surface area contributed by atoms with Crippen molar-refractivity contribution in [2.24, 2.45) is 11.5 Å². The van der Waals surface area contributed by atoms with Crippen molar-refractivity contribution in [3.8, 4) is 11.1 Å². The van der Waals surface area contributed by atoms with Crippen LogP contribution in [0.4, 0.5) is 0 Å². The monoisotopic (exact) mass is 508 g/mol. The number of hydrogen-bond donors (Lipinski definition) is 4. The predicted molar refractivity (Wildman–Crippen MR) is 163 cm³/mol. The number of benzene rings is 2. The van der Waals surface area contributed by atoms with Gasteiger partial charge in [0, 0.05) is 22.2 Å². The maximum absolute atomic E-state index is 6.20. The van der Waals surface area contributed by atoms with E-state index in [0.717, 1.165) is 58.0 Å². The van der Waals surface area contributed by atoms with Gasteiger partial charge in [-0.25, -0.2) is 0 Å². The minimum atomic E-state index is -0.107. The molecule has 0 aliphatic heterocycles. The normalized spacial score (nSPS) is 14.5. The average Bonchev–Trinajstić information content (AvgIpc) is 2.79. The van der Waals surface area contributed by atoms with E-state index in [1.165, 1.54) is 22.3 Å². The third-order valence-electron chi connectivity index (χ3n) is 7.33. The zero-order chi connectivity index (χ0) is 27.7. The summed E-state index contributed by atoms with van der Waals surface area (Å²) in [5, 5.41) is 7.65. The van der Waals surface area contributed by atoms with Gasteiger partial charge in [0.2, 0.25) is 0 Å². The highest BCUT2D eigenvalue weighted by atomic mass is 15.0. The molecular formula is C33H56N4. The first-order valence-corrected chi connectivity index (χ1v) is 14.4. The van der Waals surface area contributed by atoms with Crippen LogP contribution < -0.4 is 22.1 Å². The molecule has 1 unspecified atom stereocenters. The molecule has 0 radical (unpaired) electrons. The van der Waals surface area contributed by atoms with Gasteiger partial charge in [0.15, 0.2) is 0 Å². The van der Waals surface area contributed by atoms with E-state index in [-0.39, 0.29) is 22.2 Å². The SMILES string of the molecule is CCC(C)(Cc1cc(CC(C)(C)NCCCC(C)(C)N)cc(-c2ccccc2)c1)NCCCC(C)(C)N. The summed E-state index contributed by atoms with van der Waals surface area (Å²) in [6, 6.07) is 18.0. The standard InChI is InChI=1S/C33H56N4/c1-9-33(8,37-20-14-18-31(4,5)35)25-27-21-26(22-29(23-27)28-15-11-10-12-16-28)24-32(6,7)36-19-13-17-30(2,3)34/h10-12,15-16,21-23,36-37H,9,13-14,17-20,24-25,34-35H2,1-8H3. The van der Waals surface area contributed by atoms with Crippen LogP contribution in [-0.2, 0) is 12.8 Å². The summed E-state index contributed by atoms with van der Waals surface area (Å²) in [6.45, 7) is 19.7. The molecule has 0 fully saturated rings. The molecule has 4 heteroatoms. The highest BCUT2D eigenvalue weighted by Gasteiger charge is 2.24. The number of hydrogen-bond acceptors (Lipinski definition) is 4. The van der Waals surface area contributed by atoms with Crippen molar-refractivity contribution in [3.05, 3.63) is 59.7 Å². The third kappa shape index (κ3) is 12.6. The Morgan fingerprint density at radius 3 is 1.68 bits per heavy atom. The second-order valence-corrected chi connectivity index (χ2v) is 13.6. The van der Waals surface area contributed by atoms with Crippen LogP contribution >= 0.6 is 0 Å².